The fourth-order valence-corrected chi connectivity index (χ4v) is 2.62. The van der Waals surface area contributed by atoms with Crippen LogP contribution in [0.2, 0.25) is 0 Å². The first-order chi connectivity index (χ1) is 10.1. The molecule has 2 atom stereocenters. The number of hydrogen-bond donors (Lipinski definition) is 0. The molecule has 2 aromatic rings. The third-order valence-corrected chi connectivity index (χ3v) is 3.91. The third-order valence-electron chi connectivity index (χ3n) is 3.91. The summed E-state index contributed by atoms with van der Waals surface area (Å²) in [6.45, 7) is 0. The number of hydrogen-bond acceptors (Lipinski definition) is 2. The molecule has 0 saturated heterocycles. The zero-order chi connectivity index (χ0) is 15.0. The lowest BCUT2D eigenvalue weighted by molar-refractivity contribution is -0.130. The lowest BCUT2D eigenvalue weighted by atomic mass is 10.1. The summed E-state index contributed by atoms with van der Waals surface area (Å²) in [6.07, 6.45) is 2.63. The molecule has 0 aliphatic heterocycles. The Kier molecular flexibility index (Phi) is 3.45. The van der Waals surface area contributed by atoms with Crippen molar-refractivity contribution >= 4 is 5.91 Å². The molecule has 1 amide bonds. The van der Waals surface area contributed by atoms with Gasteiger partial charge < -0.3 is 4.90 Å². The summed E-state index contributed by atoms with van der Waals surface area (Å²) in [4.78, 5) is 17.9. The van der Waals surface area contributed by atoms with E-state index in [1.807, 2.05) is 12.1 Å². The summed E-state index contributed by atoms with van der Waals surface area (Å²) >= 11 is 0. The van der Waals surface area contributed by atoms with Crippen LogP contribution in [0.4, 0.5) is 4.39 Å². The Morgan fingerprint density at radius 3 is 2.62 bits per heavy atom. The SMILES string of the molecule is CN(C)C(=O)C1CC1c1ccc(-c2ccccc2F)nc1. The number of nitrogens with zero attached hydrogens (tertiary/aromatic N) is 2. The van der Waals surface area contributed by atoms with E-state index in [4.69, 9.17) is 0 Å². The van der Waals surface area contributed by atoms with Gasteiger partial charge in [0.15, 0.2) is 0 Å². The maximum absolute atomic E-state index is 13.7. The molecule has 1 aliphatic rings. The van der Waals surface area contributed by atoms with Crippen LogP contribution in [0.1, 0.15) is 17.9 Å². The van der Waals surface area contributed by atoms with Gasteiger partial charge in [0.1, 0.15) is 5.82 Å². The van der Waals surface area contributed by atoms with Gasteiger partial charge in [0.25, 0.3) is 0 Å². The monoisotopic (exact) mass is 284 g/mol. The van der Waals surface area contributed by atoms with Crippen molar-refractivity contribution in [3.05, 3.63) is 54.0 Å². The van der Waals surface area contributed by atoms with Crippen LogP contribution in [0.15, 0.2) is 42.6 Å². The molecule has 1 aliphatic carbocycles. The number of rotatable bonds is 3. The minimum atomic E-state index is -0.273. The molecule has 1 fully saturated rings. The largest absolute Gasteiger partial charge is 0.349 e. The Balaban J connectivity index is 1.77. The van der Waals surface area contributed by atoms with Gasteiger partial charge in [-0.25, -0.2) is 4.39 Å². The maximum Gasteiger partial charge on any atom is 0.225 e. The number of carbonyl (C=O) groups excluding carboxylic acids is 1. The van der Waals surface area contributed by atoms with Gasteiger partial charge in [0, 0.05) is 31.8 Å². The minimum Gasteiger partial charge on any atom is -0.349 e. The van der Waals surface area contributed by atoms with Gasteiger partial charge in [-0.1, -0.05) is 18.2 Å². The zero-order valence-electron chi connectivity index (χ0n) is 12.1. The third kappa shape index (κ3) is 2.66. The number of halogens is 1. The normalized spacial score (nSPS) is 20.1. The number of benzene rings is 1. The van der Waals surface area contributed by atoms with Crippen molar-refractivity contribution in [3.63, 3.8) is 0 Å². The summed E-state index contributed by atoms with van der Waals surface area (Å²) < 4.78 is 13.7. The highest BCUT2D eigenvalue weighted by molar-refractivity contribution is 5.82. The van der Waals surface area contributed by atoms with Gasteiger partial charge in [-0.3, -0.25) is 9.78 Å². The molecule has 108 valence electrons. The molecule has 2 unspecified atom stereocenters. The van der Waals surface area contributed by atoms with E-state index in [0.717, 1.165) is 12.0 Å². The Morgan fingerprint density at radius 2 is 2.00 bits per heavy atom. The summed E-state index contributed by atoms with van der Waals surface area (Å²) in [5.41, 5.74) is 2.17. The maximum atomic E-state index is 13.7. The summed E-state index contributed by atoms with van der Waals surface area (Å²) in [5.74, 6) is 0.214. The van der Waals surface area contributed by atoms with Crippen molar-refractivity contribution < 1.29 is 9.18 Å². The molecule has 0 spiro atoms. The predicted octanol–water partition coefficient (Wildman–Crippen LogP) is 3.08. The molecule has 1 heterocycles. The molecule has 0 N–H and O–H groups in total. The second kappa shape index (κ2) is 5.28. The number of pyridine rings is 1. The van der Waals surface area contributed by atoms with E-state index >= 15 is 0 Å². The lowest BCUT2D eigenvalue weighted by Crippen LogP contribution is -2.23. The molecule has 3 rings (SSSR count). The highest BCUT2D eigenvalue weighted by Gasteiger charge is 2.44. The Hall–Kier alpha value is -2.23. The van der Waals surface area contributed by atoms with E-state index in [-0.39, 0.29) is 23.6 Å². The van der Waals surface area contributed by atoms with Crippen LogP contribution in [0.5, 0.6) is 0 Å². The number of aromatic nitrogens is 1. The predicted molar refractivity (Wildman–Crippen MR) is 79.2 cm³/mol. The molecule has 1 aromatic carbocycles. The highest BCUT2D eigenvalue weighted by atomic mass is 19.1. The van der Waals surface area contributed by atoms with Crippen molar-refractivity contribution in [2.45, 2.75) is 12.3 Å². The van der Waals surface area contributed by atoms with Gasteiger partial charge >= 0.3 is 0 Å². The quantitative estimate of drug-likeness (QED) is 0.868. The molecule has 1 aromatic heterocycles. The molecule has 1 saturated carbocycles. The van der Waals surface area contributed by atoms with Crippen LogP contribution < -0.4 is 0 Å². The van der Waals surface area contributed by atoms with Crippen LogP contribution in [-0.4, -0.2) is 29.9 Å². The standard InChI is InChI=1S/C17H17FN2O/c1-20(2)17(21)14-9-13(14)11-7-8-16(19-10-11)12-5-3-4-6-15(12)18/h3-8,10,13-14H,9H2,1-2H3. The number of carbonyl (C=O) groups is 1. The first-order valence-electron chi connectivity index (χ1n) is 7.00. The van der Waals surface area contributed by atoms with Crippen molar-refractivity contribution in [3.8, 4) is 11.3 Å². The molecular weight excluding hydrogens is 267 g/mol. The second-order valence-corrected chi connectivity index (χ2v) is 5.64. The second-order valence-electron chi connectivity index (χ2n) is 5.64. The van der Waals surface area contributed by atoms with E-state index in [1.54, 1.807) is 43.4 Å². The van der Waals surface area contributed by atoms with Gasteiger partial charge in [-0.2, -0.15) is 0 Å². The van der Waals surface area contributed by atoms with Crippen LogP contribution >= 0.6 is 0 Å². The number of amides is 1. The minimum absolute atomic E-state index is 0.0705. The summed E-state index contributed by atoms with van der Waals surface area (Å²) in [6, 6.07) is 10.4. The fraction of sp³-hybridized carbons (Fsp3) is 0.294. The Morgan fingerprint density at radius 1 is 1.24 bits per heavy atom. The average molecular weight is 284 g/mol. The molecular formula is C17H17FN2O. The van der Waals surface area contributed by atoms with E-state index in [9.17, 15) is 9.18 Å². The van der Waals surface area contributed by atoms with Gasteiger partial charge in [-0.05, 0) is 36.1 Å². The van der Waals surface area contributed by atoms with Crippen LogP contribution in [-0.2, 0) is 4.79 Å². The van der Waals surface area contributed by atoms with Crippen molar-refractivity contribution in [2.24, 2.45) is 5.92 Å². The Bertz CT molecular complexity index is 667. The zero-order valence-corrected chi connectivity index (χ0v) is 12.1. The smallest absolute Gasteiger partial charge is 0.225 e. The van der Waals surface area contributed by atoms with E-state index < -0.39 is 0 Å². The topological polar surface area (TPSA) is 33.2 Å². The summed E-state index contributed by atoms with van der Waals surface area (Å²) in [5, 5.41) is 0. The summed E-state index contributed by atoms with van der Waals surface area (Å²) in [7, 11) is 3.55. The molecule has 0 radical (unpaired) electrons. The van der Waals surface area contributed by atoms with Gasteiger partial charge in [-0.15, -0.1) is 0 Å². The highest BCUT2D eigenvalue weighted by Crippen LogP contribution is 2.48. The van der Waals surface area contributed by atoms with Crippen LogP contribution in [0.3, 0.4) is 0 Å². The van der Waals surface area contributed by atoms with Crippen LogP contribution in [0.25, 0.3) is 11.3 Å². The first kappa shape index (κ1) is 13.7. The van der Waals surface area contributed by atoms with Gasteiger partial charge in [0.2, 0.25) is 5.91 Å². The fourth-order valence-electron chi connectivity index (χ4n) is 2.62. The van der Waals surface area contributed by atoms with E-state index in [1.165, 1.54) is 6.07 Å². The van der Waals surface area contributed by atoms with Crippen LogP contribution in [0, 0.1) is 11.7 Å². The van der Waals surface area contributed by atoms with E-state index in [0.29, 0.717) is 11.3 Å². The van der Waals surface area contributed by atoms with Crippen molar-refractivity contribution in [2.75, 3.05) is 14.1 Å². The van der Waals surface area contributed by atoms with Crippen molar-refractivity contribution in [1.82, 2.24) is 9.88 Å². The Labute approximate surface area is 123 Å². The molecule has 21 heavy (non-hydrogen) atoms. The lowest BCUT2D eigenvalue weighted by Gasteiger charge is -2.09. The molecule has 4 heteroatoms. The van der Waals surface area contributed by atoms with Gasteiger partial charge in [0.05, 0.1) is 5.69 Å². The van der Waals surface area contributed by atoms with E-state index in [2.05, 4.69) is 4.98 Å². The molecule has 0 bridgehead atoms. The average Bonchev–Trinajstić information content (AvgIpc) is 3.27. The molecule has 3 nitrogen and oxygen atoms in total. The first-order valence-corrected chi connectivity index (χ1v) is 7.00. The van der Waals surface area contributed by atoms with Crippen molar-refractivity contribution in [1.29, 1.82) is 0 Å².